The maximum absolute atomic E-state index is 12.7. The Kier molecular flexibility index (Phi) is 4.02. The quantitative estimate of drug-likeness (QED) is 0.860. The monoisotopic (exact) mass is 314 g/mol. The summed E-state index contributed by atoms with van der Waals surface area (Å²) in [6.07, 6.45) is 5.73. The van der Waals surface area contributed by atoms with Crippen LogP contribution >= 0.6 is 0 Å². The molecule has 4 rings (SSSR count). The molecule has 124 valence electrons. The number of rotatable bonds is 3. The van der Waals surface area contributed by atoms with Crippen molar-refractivity contribution >= 4 is 5.91 Å². The van der Waals surface area contributed by atoms with E-state index in [1.54, 1.807) is 7.11 Å². The van der Waals surface area contributed by atoms with Crippen LogP contribution in [0.5, 0.6) is 5.75 Å². The van der Waals surface area contributed by atoms with Crippen molar-refractivity contribution in [3.8, 4) is 5.75 Å². The minimum Gasteiger partial charge on any atom is -0.497 e. The third kappa shape index (κ3) is 2.85. The molecule has 3 aliphatic rings. The van der Waals surface area contributed by atoms with E-state index < -0.39 is 0 Å². The van der Waals surface area contributed by atoms with Crippen LogP contribution in [0.25, 0.3) is 0 Å². The summed E-state index contributed by atoms with van der Waals surface area (Å²) in [5.74, 6) is 2.80. The van der Waals surface area contributed by atoms with Crippen molar-refractivity contribution in [3.05, 3.63) is 29.8 Å². The second kappa shape index (κ2) is 6.16. The van der Waals surface area contributed by atoms with Gasteiger partial charge in [0.2, 0.25) is 0 Å². The number of amides is 1. The first kappa shape index (κ1) is 15.0. The van der Waals surface area contributed by atoms with Gasteiger partial charge in [0, 0.05) is 37.8 Å². The van der Waals surface area contributed by atoms with Crippen molar-refractivity contribution in [2.75, 3.05) is 33.3 Å². The number of methoxy groups -OCH3 is 1. The first-order valence-electron chi connectivity index (χ1n) is 8.92. The second-order valence-corrected chi connectivity index (χ2v) is 7.30. The van der Waals surface area contributed by atoms with Crippen LogP contribution in [0.15, 0.2) is 24.3 Å². The molecule has 1 aromatic carbocycles. The van der Waals surface area contributed by atoms with E-state index in [9.17, 15) is 4.79 Å². The molecule has 0 aromatic heterocycles. The lowest BCUT2D eigenvalue weighted by Crippen LogP contribution is -2.53. The van der Waals surface area contributed by atoms with Gasteiger partial charge in [-0.1, -0.05) is 12.5 Å². The third-order valence-electron chi connectivity index (χ3n) is 6.09. The van der Waals surface area contributed by atoms with E-state index >= 15 is 0 Å². The molecule has 1 aliphatic heterocycles. The maximum Gasteiger partial charge on any atom is 0.254 e. The smallest absolute Gasteiger partial charge is 0.254 e. The van der Waals surface area contributed by atoms with Gasteiger partial charge in [-0.2, -0.15) is 0 Å². The highest BCUT2D eigenvalue weighted by atomic mass is 16.5. The molecule has 1 amide bonds. The Morgan fingerprint density at radius 3 is 2.61 bits per heavy atom. The lowest BCUT2D eigenvalue weighted by atomic mass is 9.93. The molecule has 3 atom stereocenters. The summed E-state index contributed by atoms with van der Waals surface area (Å²) in [4.78, 5) is 17.3. The van der Waals surface area contributed by atoms with E-state index in [1.807, 2.05) is 29.2 Å². The maximum atomic E-state index is 12.7. The SMILES string of the molecule is COc1cccc(C(=O)N2CCN([C@@H]3C[C@H]4CC[C@@H]3C4)CC2)c1. The molecular formula is C19H26N2O2. The van der Waals surface area contributed by atoms with Gasteiger partial charge in [0.1, 0.15) is 5.75 Å². The van der Waals surface area contributed by atoms with Gasteiger partial charge in [-0.3, -0.25) is 9.69 Å². The molecule has 2 aliphatic carbocycles. The van der Waals surface area contributed by atoms with E-state index in [0.717, 1.165) is 55.4 Å². The molecule has 2 bridgehead atoms. The number of ether oxygens (including phenoxy) is 1. The van der Waals surface area contributed by atoms with Gasteiger partial charge in [0.25, 0.3) is 5.91 Å². The molecule has 2 saturated carbocycles. The van der Waals surface area contributed by atoms with Crippen molar-refractivity contribution in [1.82, 2.24) is 9.80 Å². The number of carbonyl (C=O) groups excluding carboxylic acids is 1. The van der Waals surface area contributed by atoms with Gasteiger partial charge in [-0.25, -0.2) is 0 Å². The average Bonchev–Trinajstić information content (AvgIpc) is 3.24. The van der Waals surface area contributed by atoms with Gasteiger partial charge >= 0.3 is 0 Å². The molecule has 4 nitrogen and oxygen atoms in total. The lowest BCUT2D eigenvalue weighted by molar-refractivity contribution is 0.0495. The minimum atomic E-state index is 0.136. The van der Waals surface area contributed by atoms with Crippen molar-refractivity contribution < 1.29 is 9.53 Å². The first-order valence-corrected chi connectivity index (χ1v) is 8.92. The third-order valence-corrected chi connectivity index (χ3v) is 6.09. The Hall–Kier alpha value is -1.55. The summed E-state index contributed by atoms with van der Waals surface area (Å²) in [5, 5.41) is 0. The Morgan fingerprint density at radius 1 is 1.13 bits per heavy atom. The summed E-state index contributed by atoms with van der Waals surface area (Å²) in [7, 11) is 1.64. The van der Waals surface area contributed by atoms with Crippen LogP contribution < -0.4 is 4.74 Å². The fraction of sp³-hybridized carbons (Fsp3) is 0.632. The highest BCUT2D eigenvalue weighted by Crippen LogP contribution is 2.46. The van der Waals surface area contributed by atoms with Crippen LogP contribution in [0.4, 0.5) is 0 Å². The van der Waals surface area contributed by atoms with E-state index in [2.05, 4.69) is 4.90 Å². The zero-order valence-electron chi connectivity index (χ0n) is 13.9. The highest BCUT2D eigenvalue weighted by Gasteiger charge is 2.42. The number of hydrogen-bond acceptors (Lipinski definition) is 3. The largest absolute Gasteiger partial charge is 0.497 e. The predicted octanol–water partition coefficient (Wildman–Crippen LogP) is 2.64. The fourth-order valence-corrected chi connectivity index (χ4v) is 4.85. The van der Waals surface area contributed by atoms with Gasteiger partial charge < -0.3 is 9.64 Å². The predicted molar refractivity (Wildman–Crippen MR) is 89.7 cm³/mol. The van der Waals surface area contributed by atoms with Crippen molar-refractivity contribution in [2.45, 2.75) is 31.7 Å². The van der Waals surface area contributed by atoms with Crippen LogP contribution in [-0.2, 0) is 0 Å². The number of hydrogen-bond donors (Lipinski definition) is 0. The molecule has 0 N–H and O–H groups in total. The van der Waals surface area contributed by atoms with E-state index in [0.29, 0.717) is 0 Å². The first-order chi connectivity index (χ1) is 11.2. The molecule has 1 heterocycles. The molecule has 0 unspecified atom stereocenters. The summed E-state index contributed by atoms with van der Waals surface area (Å²) in [6.45, 7) is 3.76. The highest BCUT2D eigenvalue weighted by molar-refractivity contribution is 5.94. The number of benzene rings is 1. The lowest BCUT2D eigenvalue weighted by Gasteiger charge is -2.41. The summed E-state index contributed by atoms with van der Waals surface area (Å²) in [5.41, 5.74) is 0.734. The Bertz CT molecular complexity index is 580. The summed E-state index contributed by atoms with van der Waals surface area (Å²) >= 11 is 0. The molecule has 23 heavy (non-hydrogen) atoms. The van der Waals surface area contributed by atoms with Crippen molar-refractivity contribution in [3.63, 3.8) is 0 Å². The summed E-state index contributed by atoms with van der Waals surface area (Å²) < 4.78 is 5.23. The van der Waals surface area contributed by atoms with Crippen LogP contribution in [0, 0.1) is 11.8 Å². The normalized spacial score (nSPS) is 30.7. The molecule has 0 radical (unpaired) electrons. The molecular weight excluding hydrogens is 288 g/mol. The molecule has 4 heteroatoms. The van der Waals surface area contributed by atoms with Gasteiger partial charge in [-0.05, 0) is 49.3 Å². The summed E-state index contributed by atoms with van der Waals surface area (Å²) in [6, 6.07) is 8.28. The molecule has 0 spiro atoms. The number of fused-ring (bicyclic) bond motifs is 2. The van der Waals surface area contributed by atoms with E-state index in [4.69, 9.17) is 4.74 Å². The molecule has 3 fully saturated rings. The average molecular weight is 314 g/mol. The van der Waals surface area contributed by atoms with Crippen LogP contribution in [0.1, 0.15) is 36.0 Å². The Labute approximate surface area is 138 Å². The Morgan fingerprint density at radius 2 is 1.96 bits per heavy atom. The second-order valence-electron chi connectivity index (χ2n) is 7.30. The van der Waals surface area contributed by atoms with Crippen LogP contribution in [0.3, 0.4) is 0 Å². The topological polar surface area (TPSA) is 32.8 Å². The van der Waals surface area contributed by atoms with Crippen LogP contribution in [-0.4, -0.2) is 55.0 Å². The Balaban J connectivity index is 1.36. The van der Waals surface area contributed by atoms with Gasteiger partial charge in [0.05, 0.1) is 7.11 Å². The number of carbonyl (C=O) groups is 1. The van der Waals surface area contributed by atoms with Crippen molar-refractivity contribution in [2.24, 2.45) is 11.8 Å². The zero-order chi connectivity index (χ0) is 15.8. The minimum absolute atomic E-state index is 0.136. The van der Waals surface area contributed by atoms with E-state index in [1.165, 1.54) is 25.7 Å². The molecule has 1 saturated heterocycles. The fourth-order valence-electron chi connectivity index (χ4n) is 4.85. The number of piperazine rings is 1. The van der Waals surface area contributed by atoms with Crippen molar-refractivity contribution in [1.29, 1.82) is 0 Å². The van der Waals surface area contributed by atoms with Crippen LogP contribution in [0.2, 0.25) is 0 Å². The van der Waals surface area contributed by atoms with E-state index in [-0.39, 0.29) is 5.91 Å². The van der Waals surface area contributed by atoms with Gasteiger partial charge in [0.15, 0.2) is 0 Å². The molecule has 1 aromatic rings. The number of nitrogens with zero attached hydrogens (tertiary/aromatic N) is 2. The van der Waals surface area contributed by atoms with Gasteiger partial charge in [-0.15, -0.1) is 0 Å². The standard InChI is InChI=1S/C19H26N2O2/c1-23-17-4-2-3-16(13-17)19(22)21-9-7-20(8-10-21)18-12-14-5-6-15(18)11-14/h2-4,13-15,18H,5-12H2,1H3/t14-,15+,18+/m0/s1. The zero-order valence-corrected chi connectivity index (χ0v) is 13.9.